The molecule has 1 unspecified atom stereocenters. The van der Waals surface area contributed by atoms with E-state index in [1.165, 1.54) is 5.56 Å². The summed E-state index contributed by atoms with van der Waals surface area (Å²) in [5.41, 5.74) is 2.22. The van der Waals surface area contributed by atoms with Gasteiger partial charge in [-0.05, 0) is 29.7 Å². The van der Waals surface area contributed by atoms with E-state index in [1.54, 1.807) is 12.1 Å². The number of phenols is 1. The molecule has 0 saturated heterocycles. The maximum absolute atomic E-state index is 10.4. The highest BCUT2D eigenvalue weighted by Gasteiger charge is 2.21. The Balaban J connectivity index is 1.81. The second-order valence-electron chi connectivity index (χ2n) is 6.54. The maximum Gasteiger partial charge on any atom is 0.128 e. The van der Waals surface area contributed by atoms with Gasteiger partial charge in [0.2, 0.25) is 0 Å². The average Bonchev–Trinajstić information content (AvgIpc) is 2.49. The van der Waals surface area contributed by atoms with Gasteiger partial charge in [-0.15, -0.1) is 0 Å². The zero-order valence-electron chi connectivity index (χ0n) is 13.4. The minimum Gasteiger partial charge on any atom is -0.508 e. The number of hydrogen-bond acceptors (Lipinski definition) is 2. The first kappa shape index (κ1) is 16.5. The van der Waals surface area contributed by atoms with E-state index in [4.69, 9.17) is 0 Å². The van der Waals surface area contributed by atoms with Crippen molar-refractivity contribution in [2.45, 2.75) is 18.9 Å². The third-order valence-corrected chi connectivity index (χ3v) is 4.02. The third kappa shape index (κ3) is 5.17. The van der Waals surface area contributed by atoms with Crippen LogP contribution < -0.4 is 0 Å². The van der Waals surface area contributed by atoms with Crippen molar-refractivity contribution in [3.63, 3.8) is 0 Å². The Bertz CT molecular complexity index is 564. The van der Waals surface area contributed by atoms with E-state index < -0.39 is 6.10 Å². The Kier molecular flexibility index (Phi) is 5.58. The van der Waals surface area contributed by atoms with Gasteiger partial charge in [0.25, 0.3) is 0 Å². The number of hydrogen-bond donors (Lipinski definition) is 2. The van der Waals surface area contributed by atoms with Crippen LogP contribution in [0.4, 0.5) is 0 Å². The lowest BCUT2D eigenvalue weighted by molar-refractivity contribution is -0.894. The fourth-order valence-corrected chi connectivity index (χ4v) is 2.71. The van der Waals surface area contributed by atoms with Crippen molar-refractivity contribution in [1.29, 1.82) is 0 Å². The van der Waals surface area contributed by atoms with Crippen molar-refractivity contribution < 1.29 is 14.7 Å². The highest BCUT2D eigenvalue weighted by molar-refractivity contribution is 5.25. The minimum absolute atomic E-state index is 0.311. The monoisotopic (exact) mass is 300 g/mol. The Labute approximate surface area is 133 Å². The van der Waals surface area contributed by atoms with Crippen LogP contribution in [0.1, 0.15) is 23.7 Å². The van der Waals surface area contributed by atoms with Crippen molar-refractivity contribution >= 4 is 0 Å². The van der Waals surface area contributed by atoms with Crippen molar-refractivity contribution in [1.82, 2.24) is 0 Å². The molecule has 3 heteroatoms. The Morgan fingerprint density at radius 2 is 1.59 bits per heavy atom. The van der Waals surface area contributed by atoms with Crippen LogP contribution in [0.25, 0.3) is 0 Å². The normalized spacial score (nSPS) is 13.0. The van der Waals surface area contributed by atoms with Crippen molar-refractivity contribution in [3.8, 4) is 5.75 Å². The summed E-state index contributed by atoms with van der Waals surface area (Å²) in [5, 5.41) is 19.6. The van der Waals surface area contributed by atoms with Crippen LogP contribution in [0.15, 0.2) is 54.6 Å². The Hall–Kier alpha value is -1.84. The summed E-state index contributed by atoms with van der Waals surface area (Å²) >= 11 is 0. The Morgan fingerprint density at radius 3 is 2.23 bits per heavy atom. The second-order valence-corrected chi connectivity index (χ2v) is 6.54. The van der Waals surface area contributed by atoms with Crippen molar-refractivity contribution in [3.05, 3.63) is 65.7 Å². The predicted molar refractivity (Wildman–Crippen MR) is 89.7 cm³/mol. The van der Waals surface area contributed by atoms with E-state index in [2.05, 4.69) is 14.1 Å². The van der Waals surface area contributed by atoms with Crippen molar-refractivity contribution in [2.75, 3.05) is 27.2 Å². The smallest absolute Gasteiger partial charge is 0.128 e. The quantitative estimate of drug-likeness (QED) is 0.771. The number of aliphatic hydroxyl groups is 1. The van der Waals surface area contributed by atoms with Gasteiger partial charge in [0.05, 0.1) is 20.6 Å². The highest BCUT2D eigenvalue weighted by atomic mass is 16.3. The summed E-state index contributed by atoms with van der Waals surface area (Å²) in [4.78, 5) is 0. The minimum atomic E-state index is -0.426. The molecule has 0 radical (unpaired) electrons. The van der Waals surface area contributed by atoms with Crippen molar-refractivity contribution in [2.24, 2.45) is 0 Å². The van der Waals surface area contributed by atoms with Crippen LogP contribution >= 0.6 is 0 Å². The summed E-state index contributed by atoms with van der Waals surface area (Å²) in [6.07, 6.45) is 1.62. The molecular weight excluding hydrogens is 274 g/mol. The molecule has 0 fully saturated rings. The van der Waals surface area contributed by atoms with Crippen LogP contribution in [0.2, 0.25) is 0 Å². The topological polar surface area (TPSA) is 40.5 Å². The third-order valence-electron chi connectivity index (χ3n) is 4.02. The molecule has 0 amide bonds. The lowest BCUT2D eigenvalue weighted by atomic mass is 10.1. The molecule has 118 valence electrons. The van der Waals surface area contributed by atoms with Gasteiger partial charge >= 0.3 is 0 Å². The molecule has 0 heterocycles. The van der Waals surface area contributed by atoms with E-state index in [0.29, 0.717) is 12.3 Å². The number of likely N-dealkylation sites (N-methyl/N-ethyl adjacent to an activating group) is 1. The molecule has 2 N–H and O–H groups in total. The molecule has 2 aromatic carbocycles. The molecule has 0 bridgehead atoms. The number of aromatic hydroxyl groups is 1. The summed E-state index contributed by atoms with van der Waals surface area (Å²) in [6, 6.07) is 17.2. The molecule has 3 nitrogen and oxygen atoms in total. The van der Waals surface area contributed by atoms with Crippen LogP contribution in [0.5, 0.6) is 5.75 Å². The summed E-state index contributed by atoms with van der Waals surface area (Å²) in [6.45, 7) is 1.71. The first-order valence-corrected chi connectivity index (χ1v) is 7.79. The van der Waals surface area contributed by atoms with Gasteiger partial charge < -0.3 is 14.7 Å². The van der Waals surface area contributed by atoms with Gasteiger partial charge in [0.15, 0.2) is 0 Å². The molecule has 0 spiro atoms. The van der Waals surface area contributed by atoms with E-state index in [1.807, 2.05) is 42.5 Å². The molecule has 0 aromatic heterocycles. The molecule has 0 aliphatic heterocycles. The summed E-state index contributed by atoms with van der Waals surface area (Å²) < 4.78 is 0.786. The van der Waals surface area contributed by atoms with Gasteiger partial charge in [-0.2, -0.15) is 0 Å². The number of aliphatic hydroxyl groups excluding tert-OH is 1. The lowest BCUT2D eigenvalue weighted by Gasteiger charge is -2.32. The average molecular weight is 300 g/mol. The summed E-state index contributed by atoms with van der Waals surface area (Å²) in [7, 11) is 4.31. The van der Waals surface area contributed by atoms with Crippen LogP contribution in [0.3, 0.4) is 0 Å². The van der Waals surface area contributed by atoms with Crippen LogP contribution in [-0.4, -0.2) is 41.9 Å². The van der Waals surface area contributed by atoms with Gasteiger partial charge in [-0.1, -0.05) is 42.5 Å². The van der Waals surface area contributed by atoms with Crippen LogP contribution in [0, 0.1) is 0 Å². The first-order valence-electron chi connectivity index (χ1n) is 7.79. The largest absolute Gasteiger partial charge is 0.508 e. The van der Waals surface area contributed by atoms with E-state index in [-0.39, 0.29) is 0 Å². The molecule has 22 heavy (non-hydrogen) atoms. The standard InChI is InChI=1S/C19H25NO2/c1-20(2,15-19(22)17-8-4-3-5-9-17)14-6-7-16-10-12-18(21)13-11-16/h3-5,8-13,19,22H,6-7,14-15H2,1-2H3/p+1. The SMILES string of the molecule is C[N+](C)(CCCc1ccc(O)cc1)CC(O)c1ccccc1. The molecular formula is C19H26NO2+. The molecule has 1 atom stereocenters. The van der Waals surface area contributed by atoms with Gasteiger partial charge in [0, 0.05) is 6.42 Å². The lowest BCUT2D eigenvalue weighted by Crippen LogP contribution is -2.43. The molecule has 2 aromatic rings. The molecule has 0 aliphatic carbocycles. The zero-order chi connectivity index (χ0) is 16.0. The molecule has 0 saturated carbocycles. The number of rotatable bonds is 7. The maximum atomic E-state index is 10.4. The van der Waals surface area contributed by atoms with E-state index >= 15 is 0 Å². The van der Waals surface area contributed by atoms with Gasteiger partial charge in [-0.3, -0.25) is 0 Å². The number of phenolic OH excluding ortho intramolecular Hbond substituents is 1. The summed E-state index contributed by atoms with van der Waals surface area (Å²) in [5.74, 6) is 0.311. The fraction of sp³-hybridized carbons (Fsp3) is 0.368. The zero-order valence-corrected chi connectivity index (χ0v) is 13.4. The number of benzene rings is 2. The second kappa shape index (κ2) is 7.43. The van der Waals surface area contributed by atoms with Crippen LogP contribution in [-0.2, 0) is 6.42 Å². The highest BCUT2D eigenvalue weighted by Crippen LogP contribution is 2.17. The molecule has 2 rings (SSSR count). The predicted octanol–water partition coefficient (Wildman–Crippen LogP) is 3.13. The number of aryl methyl sites for hydroxylation is 1. The molecule has 0 aliphatic rings. The van der Waals surface area contributed by atoms with E-state index in [0.717, 1.165) is 29.4 Å². The Morgan fingerprint density at radius 1 is 0.955 bits per heavy atom. The van der Waals surface area contributed by atoms with E-state index in [9.17, 15) is 10.2 Å². The number of nitrogens with zero attached hydrogens (tertiary/aromatic N) is 1. The number of quaternary nitrogens is 1. The fourth-order valence-electron chi connectivity index (χ4n) is 2.71. The van der Waals surface area contributed by atoms with Gasteiger partial charge in [-0.25, -0.2) is 0 Å². The first-order chi connectivity index (χ1) is 10.5. The van der Waals surface area contributed by atoms with Gasteiger partial charge in [0.1, 0.15) is 18.4 Å².